The van der Waals surface area contributed by atoms with Crippen molar-refractivity contribution < 1.29 is 4.74 Å². The maximum absolute atomic E-state index is 6.02. The normalized spacial score (nSPS) is 12.3. The number of thioether (sulfide) groups is 1. The molecule has 7 heteroatoms. The minimum Gasteiger partial charge on any atom is -0.479 e. The maximum Gasteiger partial charge on any atom is 0.174 e. The number of halogens is 2. The van der Waals surface area contributed by atoms with Crippen LogP contribution in [0.5, 0.6) is 5.75 Å². The standard InChI is InChI=1S/C13H14Br2N2OS2/c1-2-12(20-7-9-6-16-13(19)17-9)18-11-4-3-8(14)5-10(11)15/h3-6,12H,2,7H2,1H3,(H2,16,17,19). The number of hydrogen-bond acceptors (Lipinski definition) is 3. The third kappa shape index (κ3) is 4.65. The molecule has 2 rings (SSSR count). The minimum atomic E-state index is 0.101. The minimum absolute atomic E-state index is 0.101. The van der Waals surface area contributed by atoms with Crippen molar-refractivity contribution >= 4 is 55.8 Å². The van der Waals surface area contributed by atoms with E-state index >= 15 is 0 Å². The van der Waals surface area contributed by atoms with Gasteiger partial charge in [-0.3, -0.25) is 0 Å². The number of rotatable bonds is 6. The van der Waals surface area contributed by atoms with Gasteiger partial charge in [0.05, 0.1) is 4.47 Å². The molecule has 2 N–H and O–H groups in total. The lowest BCUT2D eigenvalue weighted by Crippen LogP contribution is -2.11. The van der Waals surface area contributed by atoms with Gasteiger partial charge in [0.25, 0.3) is 0 Å². The van der Waals surface area contributed by atoms with Crippen LogP contribution in [0.2, 0.25) is 0 Å². The Morgan fingerprint density at radius 3 is 2.80 bits per heavy atom. The van der Waals surface area contributed by atoms with Crippen LogP contribution >= 0.6 is 55.8 Å². The van der Waals surface area contributed by atoms with Gasteiger partial charge in [-0.05, 0) is 52.8 Å². The summed E-state index contributed by atoms with van der Waals surface area (Å²) in [5.41, 5.74) is 1.18. The molecule has 0 bridgehead atoms. The van der Waals surface area contributed by atoms with E-state index in [1.165, 1.54) is 0 Å². The van der Waals surface area contributed by atoms with Crippen molar-refractivity contribution in [1.82, 2.24) is 9.97 Å². The highest BCUT2D eigenvalue weighted by Gasteiger charge is 2.12. The summed E-state index contributed by atoms with van der Waals surface area (Å²) < 4.78 is 8.66. The summed E-state index contributed by atoms with van der Waals surface area (Å²) in [5.74, 6) is 1.69. The number of aromatic nitrogens is 2. The van der Waals surface area contributed by atoms with Gasteiger partial charge >= 0.3 is 0 Å². The summed E-state index contributed by atoms with van der Waals surface area (Å²) in [6, 6.07) is 5.91. The molecule has 2 aromatic rings. The van der Waals surface area contributed by atoms with E-state index in [2.05, 4.69) is 48.8 Å². The van der Waals surface area contributed by atoms with Crippen molar-refractivity contribution in [3.63, 3.8) is 0 Å². The van der Waals surface area contributed by atoms with Gasteiger partial charge in [-0.1, -0.05) is 22.9 Å². The van der Waals surface area contributed by atoms with Crippen LogP contribution in [-0.2, 0) is 5.75 Å². The third-order valence-corrected chi connectivity index (χ3v) is 5.17. The van der Waals surface area contributed by atoms with Crippen molar-refractivity contribution in [2.75, 3.05) is 0 Å². The van der Waals surface area contributed by atoms with Crippen LogP contribution in [0.4, 0.5) is 0 Å². The summed E-state index contributed by atoms with van der Waals surface area (Å²) in [7, 11) is 0. The van der Waals surface area contributed by atoms with Gasteiger partial charge in [0.2, 0.25) is 0 Å². The second-order valence-electron chi connectivity index (χ2n) is 4.11. The Kier molecular flexibility index (Phi) is 6.20. The molecule has 1 aromatic heterocycles. The monoisotopic (exact) mass is 436 g/mol. The van der Waals surface area contributed by atoms with Gasteiger partial charge in [0.15, 0.2) is 4.77 Å². The number of H-pyrrole nitrogens is 2. The van der Waals surface area contributed by atoms with E-state index in [-0.39, 0.29) is 5.44 Å². The van der Waals surface area contributed by atoms with Gasteiger partial charge in [0.1, 0.15) is 11.2 Å². The molecule has 0 aliphatic carbocycles. The highest BCUT2D eigenvalue weighted by molar-refractivity contribution is 9.11. The average molecular weight is 438 g/mol. The van der Waals surface area contributed by atoms with E-state index in [0.29, 0.717) is 4.77 Å². The van der Waals surface area contributed by atoms with Crippen molar-refractivity contribution in [3.05, 3.63) is 43.8 Å². The largest absolute Gasteiger partial charge is 0.479 e. The fraction of sp³-hybridized carbons (Fsp3) is 0.308. The summed E-state index contributed by atoms with van der Waals surface area (Å²) >= 11 is 13.7. The second kappa shape index (κ2) is 7.68. The predicted molar refractivity (Wildman–Crippen MR) is 93.8 cm³/mol. The van der Waals surface area contributed by atoms with E-state index in [9.17, 15) is 0 Å². The Bertz CT molecular complexity index is 627. The average Bonchev–Trinajstić information content (AvgIpc) is 2.82. The lowest BCUT2D eigenvalue weighted by atomic mass is 10.3. The first-order chi connectivity index (χ1) is 9.58. The fourth-order valence-corrected chi connectivity index (χ4v) is 3.84. The molecule has 0 radical (unpaired) electrons. The molecule has 1 atom stereocenters. The molecule has 1 heterocycles. The molecule has 1 unspecified atom stereocenters. The number of ether oxygens (including phenoxy) is 1. The molecule has 0 fully saturated rings. The lowest BCUT2D eigenvalue weighted by Gasteiger charge is -2.17. The molecule has 20 heavy (non-hydrogen) atoms. The molecule has 3 nitrogen and oxygen atoms in total. The summed E-state index contributed by atoms with van der Waals surface area (Å²) in [4.78, 5) is 6.07. The van der Waals surface area contributed by atoms with E-state index in [1.54, 1.807) is 11.8 Å². The molecule has 0 saturated carbocycles. The van der Waals surface area contributed by atoms with Crippen molar-refractivity contribution in [1.29, 1.82) is 0 Å². The number of hydrogen-bond donors (Lipinski definition) is 2. The van der Waals surface area contributed by atoms with Gasteiger partial charge < -0.3 is 14.7 Å². The molecule has 0 aliphatic heterocycles. The first kappa shape index (κ1) is 16.1. The molecule has 0 saturated heterocycles. The lowest BCUT2D eigenvalue weighted by molar-refractivity contribution is 0.282. The van der Waals surface area contributed by atoms with Crippen LogP contribution in [0.1, 0.15) is 19.0 Å². The van der Waals surface area contributed by atoms with Crippen LogP contribution in [-0.4, -0.2) is 15.4 Å². The predicted octanol–water partition coefficient (Wildman–Crippen LogP) is 5.65. The molecule has 0 amide bonds. The van der Waals surface area contributed by atoms with E-state index in [1.807, 2.05) is 24.4 Å². The van der Waals surface area contributed by atoms with Crippen LogP contribution in [0.3, 0.4) is 0 Å². The Balaban J connectivity index is 1.96. The van der Waals surface area contributed by atoms with Crippen molar-refractivity contribution in [2.45, 2.75) is 24.5 Å². The van der Waals surface area contributed by atoms with E-state index in [0.717, 1.165) is 32.6 Å². The molecular formula is C13H14Br2N2OS2. The van der Waals surface area contributed by atoms with Crippen molar-refractivity contribution in [2.24, 2.45) is 0 Å². The molecular weight excluding hydrogens is 424 g/mol. The second-order valence-corrected chi connectivity index (χ2v) is 7.44. The zero-order valence-corrected chi connectivity index (χ0v) is 15.6. The van der Waals surface area contributed by atoms with Gasteiger partial charge in [0, 0.05) is 22.1 Å². The van der Waals surface area contributed by atoms with E-state index < -0.39 is 0 Å². The first-order valence-corrected chi connectivity index (χ1v) is 9.12. The Morgan fingerprint density at radius 1 is 1.40 bits per heavy atom. The molecule has 1 aromatic carbocycles. The van der Waals surface area contributed by atoms with E-state index in [4.69, 9.17) is 17.0 Å². The summed E-state index contributed by atoms with van der Waals surface area (Å²) in [6.07, 6.45) is 2.83. The first-order valence-electron chi connectivity index (χ1n) is 6.08. The van der Waals surface area contributed by atoms with Crippen LogP contribution in [0.25, 0.3) is 0 Å². The Morgan fingerprint density at radius 2 is 2.20 bits per heavy atom. The molecule has 0 aliphatic rings. The zero-order valence-electron chi connectivity index (χ0n) is 10.8. The smallest absolute Gasteiger partial charge is 0.174 e. The number of imidazole rings is 1. The maximum atomic E-state index is 6.02. The number of benzene rings is 1. The van der Waals surface area contributed by atoms with Crippen LogP contribution in [0.15, 0.2) is 33.3 Å². The summed E-state index contributed by atoms with van der Waals surface area (Å²) in [5, 5.41) is 0. The molecule has 0 spiro atoms. The van der Waals surface area contributed by atoms with Crippen LogP contribution in [0, 0.1) is 4.77 Å². The van der Waals surface area contributed by atoms with Gasteiger partial charge in [-0.15, -0.1) is 11.8 Å². The zero-order chi connectivity index (χ0) is 14.5. The Hall–Kier alpha value is -0.240. The molecule has 108 valence electrons. The van der Waals surface area contributed by atoms with Gasteiger partial charge in [-0.25, -0.2) is 0 Å². The van der Waals surface area contributed by atoms with Gasteiger partial charge in [-0.2, -0.15) is 0 Å². The third-order valence-electron chi connectivity index (χ3n) is 2.56. The number of nitrogens with one attached hydrogen (secondary N) is 2. The van der Waals surface area contributed by atoms with Crippen LogP contribution < -0.4 is 4.74 Å². The quantitative estimate of drug-likeness (QED) is 0.453. The fourth-order valence-electron chi connectivity index (χ4n) is 1.58. The summed E-state index contributed by atoms with van der Waals surface area (Å²) in [6.45, 7) is 2.11. The van der Waals surface area contributed by atoms with Crippen molar-refractivity contribution in [3.8, 4) is 5.75 Å². The Labute approximate surface area is 144 Å². The highest BCUT2D eigenvalue weighted by Crippen LogP contribution is 2.31. The highest BCUT2D eigenvalue weighted by atomic mass is 79.9. The number of aromatic amines is 2. The topological polar surface area (TPSA) is 40.8 Å². The SMILES string of the molecule is CCC(Oc1ccc(Br)cc1Br)SCc1c[nH]c(=S)[nH]1.